The lowest BCUT2D eigenvalue weighted by Crippen LogP contribution is -2.48. The highest BCUT2D eigenvalue weighted by Crippen LogP contribution is 2.61. The minimum atomic E-state index is 0.258. The van der Waals surface area contributed by atoms with E-state index in [1.807, 2.05) is 36.5 Å². The Balaban J connectivity index is 1.44. The zero-order valence-corrected chi connectivity index (χ0v) is 15.9. The van der Waals surface area contributed by atoms with Crippen LogP contribution in [0.3, 0.4) is 0 Å². The zero-order chi connectivity index (χ0) is 18.4. The van der Waals surface area contributed by atoms with Crippen LogP contribution in [0.2, 0.25) is 0 Å². The summed E-state index contributed by atoms with van der Waals surface area (Å²) in [6.45, 7) is 0. The number of nitrogens with zero attached hydrogens (tertiary/aromatic N) is 1. The van der Waals surface area contributed by atoms with Crippen LogP contribution in [0.25, 0.3) is 0 Å². The number of rotatable bonds is 4. The molecule has 6 rings (SSSR count). The number of benzene rings is 2. The third-order valence-electron chi connectivity index (χ3n) is 7.09. The molecule has 4 aliphatic carbocycles. The molecule has 27 heavy (non-hydrogen) atoms. The minimum absolute atomic E-state index is 0.258. The van der Waals surface area contributed by atoms with E-state index in [-0.39, 0.29) is 5.75 Å². The van der Waals surface area contributed by atoms with Gasteiger partial charge in [-0.15, -0.1) is 0 Å². The maximum Gasteiger partial charge on any atom is 0.141 e. The molecule has 3 nitrogen and oxygen atoms in total. The van der Waals surface area contributed by atoms with Crippen molar-refractivity contribution in [3.8, 4) is 11.5 Å². The third-order valence-corrected chi connectivity index (χ3v) is 7.09. The summed E-state index contributed by atoms with van der Waals surface area (Å²) in [4.78, 5) is 4.60. The molecule has 3 heteroatoms. The van der Waals surface area contributed by atoms with Crippen LogP contribution in [0.1, 0.15) is 49.7 Å². The molecule has 0 aliphatic heterocycles. The number of hydrogen-bond acceptors (Lipinski definition) is 3. The summed E-state index contributed by atoms with van der Waals surface area (Å²) in [6, 6.07) is 13.9. The van der Waals surface area contributed by atoms with Gasteiger partial charge in [0, 0.05) is 6.21 Å². The molecule has 2 aromatic rings. The lowest BCUT2D eigenvalue weighted by molar-refractivity contribution is -0.00518. The van der Waals surface area contributed by atoms with Crippen LogP contribution in [0.5, 0.6) is 11.5 Å². The van der Waals surface area contributed by atoms with Crippen molar-refractivity contribution in [1.82, 2.24) is 0 Å². The first kappa shape index (κ1) is 16.9. The minimum Gasteiger partial charge on any atom is -0.506 e. The lowest BCUT2D eigenvalue weighted by Gasteiger charge is -2.57. The SMILES string of the molecule is COc1ccc(C=Nc2cc(C34CC5CC(CC(C5)C3)C4)ccc2O)cc1. The first-order chi connectivity index (χ1) is 13.1. The average molecular weight is 361 g/mol. The number of phenolic OH excluding ortho intramolecular Hbond substituents is 1. The predicted molar refractivity (Wildman–Crippen MR) is 108 cm³/mol. The standard InChI is InChI=1S/C24H27NO2/c1-27-21-5-2-16(3-6-21)15-25-22-11-20(4-7-23(22)26)24-12-17-8-18(13-24)10-19(9-17)14-24/h2-7,11,15,17-19,26H,8-10,12-14H2,1H3. The Hall–Kier alpha value is -2.29. The third kappa shape index (κ3) is 3.03. The monoisotopic (exact) mass is 361 g/mol. The van der Waals surface area contributed by atoms with Crippen molar-refractivity contribution in [1.29, 1.82) is 0 Å². The van der Waals surface area contributed by atoms with E-state index in [2.05, 4.69) is 17.1 Å². The van der Waals surface area contributed by atoms with E-state index in [1.54, 1.807) is 7.11 Å². The van der Waals surface area contributed by atoms with Gasteiger partial charge in [-0.1, -0.05) is 6.07 Å². The van der Waals surface area contributed by atoms with Crippen molar-refractivity contribution in [3.05, 3.63) is 53.6 Å². The molecule has 0 saturated heterocycles. The second kappa shape index (κ2) is 6.40. The average Bonchev–Trinajstić information content (AvgIpc) is 2.66. The fourth-order valence-electron chi connectivity index (χ4n) is 6.25. The van der Waals surface area contributed by atoms with Crippen LogP contribution in [0.15, 0.2) is 47.5 Å². The fourth-order valence-corrected chi connectivity index (χ4v) is 6.25. The number of ether oxygens (including phenoxy) is 1. The van der Waals surface area contributed by atoms with Gasteiger partial charge in [0.2, 0.25) is 0 Å². The highest BCUT2D eigenvalue weighted by atomic mass is 16.5. The Morgan fingerprint density at radius 1 is 0.963 bits per heavy atom. The van der Waals surface area contributed by atoms with Gasteiger partial charge in [-0.25, -0.2) is 0 Å². The van der Waals surface area contributed by atoms with E-state index in [4.69, 9.17) is 4.74 Å². The maximum atomic E-state index is 10.3. The van der Waals surface area contributed by atoms with Crippen molar-refractivity contribution < 1.29 is 9.84 Å². The highest BCUT2D eigenvalue weighted by molar-refractivity contribution is 5.83. The van der Waals surface area contributed by atoms with Gasteiger partial charge in [-0.05, 0) is 109 Å². The van der Waals surface area contributed by atoms with Gasteiger partial charge in [0.15, 0.2) is 0 Å². The topological polar surface area (TPSA) is 41.8 Å². The first-order valence-corrected chi connectivity index (χ1v) is 10.2. The van der Waals surface area contributed by atoms with Crippen molar-refractivity contribution in [2.75, 3.05) is 7.11 Å². The Labute approximate surface area is 161 Å². The predicted octanol–water partition coefficient (Wildman–Crippen LogP) is 5.62. The second-order valence-electron chi connectivity index (χ2n) is 8.93. The molecule has 0 heterocycles. The summed E-state index contributed by atoms with van der Waals surface area (Å²) < 4.78 is 5.20. The van der Waals surface area contributed by atoms with Crippen molar-refractivity contribution in [3.63, 3.8) is 0 Å². The Morgan fingerprint density at radius 3 is 2.19 bits per heavy atom. The molecule has 4 aliphatic rings. The Morgan fingerprint density at radius 2 is 1.59 bits per heavy atom. The molecule has 0 amide bonds. The normalized spacial score (nSPS) is 31.5. The van der Waals surface area contributed by atoms with Gasteiger partial charge in [0.05, 0.1) is 7.11 Å². The summed E-state index contributed by atoms with van der Waals surface area (Å²) in [5.74, 6) is 3.83. The molecular weight excluding hydrogens is 334 g/mol. The fraction of sp³-hybridized carbons (Fsp3) is 0.458. The number of aromatic hydroxyl groups is 1. The summed E-state index contributed by atoms with van der Waals surface area (Å²) in [5, 5.41) is 10.3. The highest BCUT2D eigenvalue weighted by Gasteiger charge is 2.51. The largest absolute Gasteiger partial charge is 0.506 e. The summed E-state index contributed by atoms with van der Waals surface area (Å²) in [5.41, 5.74) is 3.39. The molecule has 0 radical (unpaired) electrons. The van der Waals surface area contributed by atoms with E-state index in [1.165, 1.54) is 44.1 Å². The van der Waals surface area contributed by atoms with E-state index < -0.39 is 0 Å². The van der Waals surface area contributed by atoms with Crippen molar-refractivity contribution in [2.45, 2.75) is 43.9 Å². The van der Waals surface area contributed by atoms with E-state index in [0.29, 0.717) is 11.1 Å². The van der Waals surface area contributed by atoms with E-state index in [0.717, 1.165) is 29.1 Å². The molecule has 1 N–H and O–H groups in total. The molecular formula is C24H27NO2. The van der Waals surface area contributed by atoms with Gasteiger partial charge in [0.1, 0.15) is 17.2 Å². The van der Waals surface area contributed by atoms with Crippen molar-refractivity contribution in [2.24, 2.45) is 22.7 Å². The van der Waals surface area contributed by atoms with Crippen LogP contribution in [-0.2, 0) is 5.41 Å². The molecule has 4 saturated carbocycles. The number of aliphatic imine (C=N–C) groups is 1. The molecule has 140 valence electrons. The summed E-state index contributed by atoms with van der Waals surface area (Å²) >= 11 is 0. The second-order valence-corrected chi connectivity index (χ2v) is 8.93. The smallest absolute Gasteiger partial charge is 0.141 e. The molecule has 4 bridgehead atoms. The van der Waals surface area contributed by atoms with Gasteiger partial charge < -0.3 is 9.84 Å². The van der Waals surface area contributed by atoms with Crippen LogP contribution < -0.4 is 4.74 Å². The first-order valence-electron chi connectivity index (χ1n) is 10.2. The molecule has 2 aromatic carbocycles. The van der Waals surface area contributed by atoms with Gasteiger partial charge in [-0.3, -0.25) is 4.99 Å². The number of phenols is 1. The zero-order valence-electron chi connectivity index (χ0n) is 15.9. The quantitative estimate of drug-likeness (QED) is 0.718. The summed E-state index contributed by atoms with van der Waals surface area (Å²) in [7, 11) is 1.66. The van der Waals surface area contributed by atoms with Gasteiger partial charge in [0.25, 0.3) is 0 Å². The molecule has 0 aromatic heterocycles. The van der Waals surface area contributed by atoms with Crippen LogP contribution >= 0.6 is 0 Å². The van der Waals surface area contributed by atoms with Gasteiger partial charge in [-0.2, -0.15) is 0 Å². The number of methoxy groups -OCH3 is 1. The summed E-state index contributed by atoms with van der Waals surface area (Å²) in [6.07, 6.45) is 10.1. The van der Waals surface area contributed by atoms with Crippen LogP contribution in [0.4, 0.5) is 5.69 Å². The van der Waals surface area contributed by atoms with Gasteiger partial charge >= 0.3 is 0 Å². The van der Waals surface area contributed by atoms with Crippen LogP contribution in [0, 0.1) is 17.8 Å². The molecule has 0 atom stereocenters. The molecule has 4 fully saturated rings. The maximum absolute atomic E-state index is 10.3. The Kier molecular flexibility index (Phi) is 3.99. The number of hydrogen-bond donors (Lipinski definition) is 1. The van der Waals surface area contributed by atoms with E-state index >= 15 is 0 Å². The van der Waals surface area contributed by atoms with E-state index in [9.17, 15) is 5.11 Å². The van der Waals surface area contributed by atoms with Crippen molar-refractivity contribution >= 4 is 11.9 Å². The van der Waals surface area contributed by atoms with Crippen LogP contribution in [-0.4, -0.2) is 18.4 Å². The lowest BCUT2D eigenvalue weighted by atomic mass is 9.48. The molecule has 0 unspecified atom stereocenters. The molecule has 0 spiro atoms. The Bertz CT molecular complexity index is 833.